The molecule has 0 bridgehead atoms. The molecule has 0 radical (unpaired) electrons. The molecule has 0 unspecified atom stereocenters. The summed E-state index contributed by atoms with van der Waals surface area (Å²) in [6.07, 6.45) is 2.79. The minimum atomic E-state index is 0.581. The summed E-state index contributed by atoms with van der Waals surface area (Å²) in [7, 11) is 0. The number of hydrogen-bond donors (Lipinski definition) is 1. The zero-order valence-corrected chi connectivity index (χ0v) is 6.68. The highest BCUT2D eigenvalue weighted by Gasteiger charge is 2.11. The Labute approximate surface area is 67.3 Å². The van der Waals surface area contributed by atoms with Crippen LogP contribution in [0.2, 0.25) is 0 Å². The molecule has 0 spiro atoms. The third kappa shape index (κ3) is 3.35. The molecule has 0 amide bonds. The maximum atomic E-state index is 8.28. The summed E-state index contributed by atoms with van der Waals surface area (Å²) in [6.45, 7) is 2.55. The van der Waals surface area contributed by atoms with Gasteiger partial charge in [0.25, 0.3) is 0 Å². The van der Waals surface area contributed by atoms with Gasteiger partial charge in [-0.3, -0.25) is 0 Å². The van der Waals surface area contributed by atoms with Crippen molar-refractivity contribution in [2.24, 2.45) is 0 Å². The van der Waals surface area contributed by atoms with Gasteiger partial charge in [0.1, 0.15) is 0 Å². The van der Waals surface area contributed by atoms with Gasteiger partial charge < -0.3 is 10.1 Å². The molecule has 1 saturated heterocycles. The molecule has 1 aliphatic rings. The molecule has 3 nitrogen and oxygen atoms in total. The number of hydrogen-bond acceptors (Lipinski definition) is 3. The largest absolute Gasteiger partial charge is 0.381 e. The van der Waals surface area contributed by atoms with E-state index < -0.39 is 0 Å². The Morgan fingerprint density at radius 3 is 2.82 bits per heavy atom. The predicted octanol–water partition coefficient (Wildman–Crippen LogP) is 0.669. The second kappa shape index (κ2) is 5.11. The fourth-order valence-electron chi connectivity index (χ4n) is 1.23. The molecule has 11 heavy (non-hydrogen) atoms. The van der Waals surface area contributed by atoms with Crippen LogP contribution in [0.4, 0.5) is 0 Å². The van der Waals surface area contributed by atoms with E-state index in [4.69, 9.17) is 10.00 Å². The minimum Gasteiger partial charge on any atom is -0.381 e. The van der Waals surface area contributed by atoms with E-state index in [-0.39, 0.29) is 0 Å². The lowest BCUT2D eigenvalue weighted by molar-refractivity contribution is 0.0783. The van der Waals surface area contributed by atoms with Crippen molar-refractivity contribution in [2.75, 3.05) is 19.8 Å². The van der Waals surface area contributed by atoms with Crippen molar-refractivity contribution in [3.05, 3.63) is 0 Å². The van der Waals surface area contributed by atoms with Gasteiger partial charge in [-0.1, -0.05) is 0 Å². The first kappa shape index (κ1) is 8.51. The third-order valence-electron chi connectivity index (χ3n) is 1.89. The average molecular weight is 154 g/mol. The van der Waals surface area contributed by atoms with E-state index in [0.717, 1.165) is 32.6 Å². The molecular formula is C8H14N2O. The minimum absolute atomic E-state index is 0.581. The maximum Gasteiger partial charge on any atom is 0.0635 e. The van der Waals surface area contributed by atoms with Gasteiger partial charge >= 0.3 is 0 Å². The van der Waals surface area contributed by atoms with Crippen LogP contribution in [0.5, 0.6) is 0 Å². The van der Waals surface area contributed by atoms with E-state index in [1.807, 2.05) is 0 Å². The van der Waals surface area contributed by atoms with Crippen LogP contribution in [0.1, 0.15) is 19.3 Å². The van der Waals surface area contributed by atoms with E-state index in [1.54, 1.807) is 0 Å². The topological polar surface area (TPSA) is 45.0 Å². The molecule has 1 fully saturated rings. The summed E-state index contributed by atoms with van der Waals surface area (Å²) in [5.74, 6) is 0. The van der Waals surface area contributed by atoms with Crippen molar-refractivity contribution in [1.82, 2.24) is 5.32 Å². The average Bonchev–Trinajstić information content (AvgIpc) is 2.07. The number of nitriles is 1. The summed E-state index contributed by atoms with van der Waals surface area (Å²) < 4.78 is 5.20. The Morgan fingerprint density at radius 2 is 2.18 bits per heavy atom. The second-order valence-electron chi connectivity index (χ2n) is 2.75. The van der Waals surface area contributed by atoms with Crippen LogP contribution in [0.3, 0.4) is 0 Å². The lowest BCUT2D eigenvalue weighted by atomic mass is 10.1. The van der Waals surface area contributed by atoms with Crippen molar-refractivity contribution in [2.45, 2.75) is 25.3 Å². The van der Waals surface area contributed by atoms with Crippen molar-refractivity contribution < 1.29 is 4.74 Å². The lowest BCUT2D eigenvalue weighted by Crippen LogP contribution is -2.35. The van der Waals surface area contributed by atoms with Crippen molar-refractivity contribution >= 4 is 0 Å². The number of nitrogens with zero attached hydrogens (tertiary/aromatic N) is 1. The summed E-state index contributed by atoms with van der Waals surface area (Å²) in [4.78, 5) is 0. The quantitative estimate of drug-likeness (QED) is 0.608. The van der Waals surface area contributed by atoms with Gasteiger partial charge in [-0.15, -0.1) is 0 Å². The Balaban J connectivity index is 2.01. The molecule has 1 aliphatic heterocycles. The van der Waals surface area contributed by atoms with Gasteiger partial charge in [0.05, 0.1) is 6.07 Å². The first-order chi connectivity index (χ1) is 5.43. The van der Waals surface area contributed by atoms with Crippen LogP contribution >= 0.6 is 0 Å². The van der Waals surface area contributed by atoms with Crippen LogP contribution in [0, 0.1) is 11.3 Å². The number of rotatable bonds is 3. The van der Waals surface area contributed by atoms with Gasteiger partial charge in [0.2, 0.25) is 0 Å². The summed E-state index contributed by atoms with van der Waals surface area (Å²) in [5.41, 5.74) is 0. The summed E-state index contributed by atoms with van der Waals surface area (Å²) in [5, 5.41) is 11.6. The molecule has 0 atom stereocenters. The fourth-order valence-corrected chi connectivity index (χ4v) is 1.23. The van der Waals surface area contributed by atoms with Gasteiger partial charge in [-0.25, -0.2) is 0 Å². The molecule has 0 saturated carbocycles. The van der Waals surface area contributed by atoms with Crippen molar-refractivity contribution in [3.8, 4) is 6.07 Å². The molecule has 0 aromatic carbocycles. The summed E-state index contributed by atoms with van der Waals surface area (Å²) >= 11 is 0. The number of ether oxygens (including phenoxy) is 1. The first-order valence-corrected chi connectivity index (χ1v) is 4.11. The van der Waals surface area contributed by atoms with Crippen LogP contribution in [0.25, 0.3) is 0 Å². The second-order valence-corrected chi connectivity index (χ2v) is 2.75. The van der Waals surface area contributed by atoms with Crippen molar-refractivity contribution in [1.29, 1.82) is 5.26 Å². The molecular weight excluding hydrogens is 140 g/mol. The monoisotopic (exact) mass is 154 g/mol. The maximum absolute atomic E-state index is 8.28. The molecule has 3 heteroatoms. The van der Waals surface area contributed by atoms with E-state index in [9.17, 15) is 0 Å². The fraction of sp³-hybridized carbons (Fsp3) is 0.875. The Hall–Kier alpha value is -0.590. The van der Waals surface area contributed by atoms with E-state index in [2.05, 4.69) is 11.4 Å². The van der Waals surface area contributed by atoms with Crippen LogP contribution in [0.15, 0.2) is 0 Å². The lowest BCUT2D eigenvalue weighted by Gasteiger charge is -2.22. The molecule has 0 aromatic heterocycles. The molecule has 1 N–H and O–H groups in total. The highest BCUT2D eigenvalue weighted by Crippen LogP contribution is 2.05. The van der Waals surface area contributed by atoms with Crippen LogP contribution < -0.4 is 5.32 Å². The third-order valence-corrected chi connectivity index (χ3v) is 1.89. The Bertz CT molecular complexity index is 136. The highest BCUT2D eigenvalue weighted by atomic mass is 16.5. The number of nitrogens with one attached hydrogen (secondary N) is 1. The van der Waals surface area contributed by atoms with Gasteiger partial charge in [-0.05, 0) is 12.8 Å². The molecule has 62 valence electrons. The molecule has 0 aliphatic carbocycles. The van der Waals surface area contributed by atoms with Crippen molar-refractivity contribution in [3.63, 3.8) is 0 Å². The van der Waals surface area contributed by atoms with Gasteiger partial charge in [-0.2, -0.15) is 5.26 Å². The van der Waals surface area contributed by atoms with Gasteiger partial charge in [0, 0.05) is 32.2 Å². The first-order valence-electron chi connectivity index (χ1n) is 4.11. The zero-order valence-electron chi connectivity index (χ0n) is 6.68. The Morgan fingerprint density at radius 1 is 1.45 bits per heavy atom. The normalized spacial score (nSPS) is 19.5. The van der Waals surface area contributed by atoms with Gasteiger partial charge in [0.15, 0.2) is 0 Å². The molecule has 0 aromatic rings. The highest BCUT2D eigenvalue weighted by molar-refractivity contribution is 4.75. The van der Waals surface area contributed by atoms with E-state index >= 15 is 0 Å². The van der Waals surface area contributed by atoms with E-state index in [1.165, 1.54) is 0 Å². The predicted molar refractivity (Wildman–Crippen MR) is 42.1 cm³/mol. The molecule has 1 heterocycles. The van der Waals surface area contributed by atoms with Crippen LogP contribution in [-0.2, 0) is 4.74 Å². The standard InChI is InChI=1S/C8H14N2O/c9-4-1-5-10-8-2-6-11-7-3-8/h8,10H,1-3,5-7H2. The summed E-state index contributed by atoms with van der Waals surface area (Å²) in [6, 6.07) is 2.69. The Kier molecular flexibility index (Phi) is 3.95. The zero-order chi connectivity index (χ0) is 7.94. The smallest absolute Gasteiger partial charge is 0.0635 e. The van der Waals surface area contributed by atoms with E-state index in [0.29, 0.717) is 12.5 Å². The SMILES string of the molecule is N#CCCNC1CCOCC1. The van der Waals surface area contributed by atoms with Crippen LogP contribution in [-0.4, -0.2) is 25.8 Å². The molecule has 1 rings (SSSR count).